The first-order valence-corrected chi connectivity index (χ1v) is 6.15. The maximum absolute atomic E-state index is 13.3. The van der Waals surface area contributed by atoms with Gasteiger partial charge in [0.2, 0.25) is 5.91 Å². The minimum Gasteiger partial charge on any atom is -0.323 e. The zero-order chi connectivity index (χ0) is 14.4. The highest BCUT2D eigenvalue weighted by Crippen LogP contribution is 2.19. The summed E-state index contributed by atoms with van der Waals surface area (Å²) in [5.41, 5.74) is -0.344. The summed E-state index contributed by atoms with van der Waals surface area (Å²) in [5.74, 6) is -4.67. The van der Waals surface area contributed by atoms with Crippen LogP contribution in [0.4, 0.5) is 18.9 Å². The largest absolute Gasteiger partial charge is 0.323 e. The Labute approximate surface area is 110 Å². The molecule has 1 aromatic rings. The molecule has 0 radical (unpaired) electrons. The number of carbonyl (C=O) groups excluding carboxylic acids is 1. The number of nitrogens with zero attached hydrogens (tertiary/aromatic N) is 1. The van der Waals surface area contributed by atoms with Crippen molar-refractivity contribution in [2.24, 2.45) is 0 Å². The SMILES string of the molecule is CCN(CC)CCC(=O)Nc1ccc(F)c(F)c1F. The maximum Gasteiger partial charge on any atom is 0.225 e. The van der Waals surface area contributed by atoms with E-state index in [-0.39, 0.29) is 12.1 Å². The van der Waals surface area contributed by atoms with Crippen LogP contribution in [0.1, 0.15) is 20.3 Å². The van der Waals surface area contributed by atoms with Gasteiger partial charge in [-0.05, 0) is 25.2 Å². The van der Waals surface area contributed by atoms with Gasteiger partial charge in [0.1, 0.15) is 0 Å². The number of nitrogens with one attached hydrogen (secondary N) is 1. The second-order valence-electron chi connectivity index (χ2n) is 4.05. The number of amides is 1. The Bertz CT molecular complexity index is 448. The van der Waals surface area contributed by atoms with Gasteiger partial charge in [-0.2, -0.15) is 0 Å². The maximum atomic E-state index is 13.3. The fourth-order valence-electron chi connectivity index (χ4n) is 1.63. The third kappa shape index (κ3) is 4.24. The average molecular weight is 274 g/mol. The summed E-state index contributed by atoms with van der Waals surface area (Å²) in [4.78, 5) is 13.6. The molecule has 19 heavy (non-hydrogen) atoms. The lowest BCUT2D eigenvalue weighted by Gasteiger charge is -2.17. The summed E-state index contributed by atoms with van der Waals surface area (Å²) >= 11 is 0. The first-order valence-electron chi connectivity index (χ1n) is 6.15. The quantitative estimate of drug-likeness (QED) is 0.809. The second kappa shape index (κ2) is 7.13. The Kier molecular flexibility index (Phi) is 5.82. The molecule has 0 unspecified atom stereocenters. The summed E-state index contributed by atoms with van der Waals surface area (Å²) in [6.07, 6.45) is 0.167. The van der Waals surface area contributed by atoms with Gasteiger partial charge in [0, 0.05) is 13.0 Å². The van der Waals surface area contributed by atoms with Gasteiger partial charge in [0.15, 0.2) is 17.5 Å². The zero-order valence-electron chi connectivity index (χ0n) is 11.0. The first kappa shape index (κ1) is 15.5. The highest BCUT2D eigenvalue weighted by atomic mass is 19.2. The summed E-state index contributed by atoms with van der Waals surface area (Å²) < 4.78 is 39.0. The first-order chi connectivity index (χ1) is 8.99. The van der Waals surface area contributed by atoms with Gasteiger partial charge in [0.25, 0.3) is 0 Å². The summed E-state index contributed by atoms with van der Waals surface area (Å²) in [6.45, 7) is 6.09. The molecular weight excluding hydrogens is 257 g/mol. The molecular formula is C13H17F3N2O. The molecule has 1 amide bonds. The van der Waals surface area contributed by atoms with Crippen LogP contribution in [0.2, 0.25) is 0 Å². The van der Waals surface area contributed by atoms with Gasteiger partial charge < -0.3 is 10.2 Å². The van der Waals surface area contributed by atoms with Crippen molar-refractivity contribution in [3.05, 3.63) is 29.6 Å². The molecule has 0 heterocycles. The number of anilines is 1. The van der Waals surface area contributed by atoms with Gasteiger partial charge in [-0.15, -0.1) is 0 Å². The summed E-state index contributed by atoms with van der Waals surface area (Å²) in [5, 5.41) is 2.23. The Balaban J connectivity index is 2.60. The highest BCUT2D eigenvalue weighted by Gasteiger charge is 2.15. The molecule has 1 N–H and O–H groups in total. The minimum atomic E-state index is -1.58. The Hall–Kier alpha value is -1.56. The lowest BCUT2D eigenvalue weighted by atomic mass is 10.2. The molecule has 0 saturated heterocycles. The van der Waals surface area contributed by atoms with Crippen LogP contribution in [0.3, 0.4) is 0 Å². The number of rotatable bonds is 6. The van der Waals surface area contributed by atoms with E-state index in [0.29, 0.717) is 6.54 Å². The van der Waals surface area contributed by atoms with Gasteiger partial charge >= 0.3 is 0 Å². The number of halogens is 3. The van der Waals surface area contributed by atoms with Gasteiger partial charge in [-0.1, -0.05) is 13.8 Å². The van der Waals surface area contributed by atoms with Gasteiger partial charge in [0.05, 0.1) is 5.69 Å². The predicted octanol–water partition coefficient (Wildman–Crippen LogP) is 2.77. The van der Waals surface area contributed by atoms with Crippen LogP contribution in [0.25, 0.3) is 0 Å². The van der Waals surface area contributed by atoms with Crippen molar-refractivity contribution in [1.29, 1.82) is 0 Å². The van der Waals surface area contributed by atoms with Crippen LogP contribution in [0.15, 0.2) is 12.1 Å². The van der Waals surface area contributed by atoms with Crippen LogP contribution in [-0.2, 0) is 4.79 Å². The Morgan fingerprint density at radius 1 is 1.16 bits per heavy atom. The van der Waals surface area contributed by atoms with Crippen molar-refractivity contribution < 1.29 is 18.0 Å². The summed E-state index contributed by atoms with van der Waals surface area (Å²) in [7, 11) is 0. The third-order valence-corrected chi connectivity index (χ3v) is 2.86. The molecule has 0 atom stereocenters. The minimum absolute atomic E-state index is 0.167. The van der Waals surface area contributed by atoms with E-state index in [9.17, 15) is 18.0 Å². The fraction of sp³-hybridized carbons (Fsp3) is 0.462. The molecule has 0 aliphatic heterocycles. The van der Waals surface area contributed by atoms with E-state index in [0.717, 1.165) is 25.2 Å². The van der Waals surface area contributed by atoms with Crippen molar-refractivity contribution in [1.82, 2.24) is 4.90 Å². The fourth-order valence-corrected chi connectivity index (χ4v) is 1.63. The number of hydrogen-bond donors (Lipinski definition) is 1. The molecule has 3 nitrogen and oxygen atoms in total. The predicted molar refractivity (Wildman–Crippen MR) is 67.4 cm³/mol. The molecule has 0 spiro atoms. The van der Waals surface area contributed by atoms with Crippen molar-refractivity contribution in [3.63, 3.8) is 0 Å². The van der Waals surface area contributed by atoms with E-state index >= 15 is 0 Å². The second-order valence-corrected chi connectivity index (χ2v) is 4.05. The lowest BCUT2D eigenvalue weighted by molar-refractivity contribution is -0.116. The molecule has 0 aliphatic carbocycles. The van der Waals surface area contributed by atoms with Crippen LogP contribution in [0, 0.1) is 17.5 Å². The average Bonchev–Trinajstić information content (AvgIpc) is 2.40. The zero-order valence-corrected chi connectivity index (χ0v) is 11.0. The number of carbonyl (C=O) groups is 1. The Morgan fingerprint density at radius 2 is 1.79 bits per heavy atom. The summed E-state index contributed by atoms with van der Waals surface area (Å²) in [6, 6.07) is 1.78. The van der Waals surface area contributed by atoms with E-state index in [4.69, 9.17) is 0 Å². The molecule has 0 fully saturated rings. The van der Waals surface area contributed by atoms with Crippen LogP contribution < -0.4 is 5.32 Å². The molecule has 106 valence electrons. The normalized spacial score (nSPS) is 10.8. The third-order valence-electron chi connectivity index (χ3n) is 2.86. The number of benzene rings is 1. The highest BCUT2D eigenvalue weighted by molar-refractivity contribution is 5.90. The molecule has 0 aromatic heterocycles. The standard InChI is InChI=1S/C13H17F3N2O/c1-3-18(4-2)8-7-11(19)17-10-6-5-9(14)12(15)13(10)16/h5-6H,3-4,7-8H2,1-2H3,(H,17,19). The van der Waals surface area contributed by atoms with E-state index in [1.807, 2.05) is 18.7 Å². The molecule has 0 saturated carbocycles. The molecule has 0 aliphatic rings. The van der Waals surface area contributed by atoms with Crippen molar-refractivity contribution >= 4 is 11.6 Å². The van der Waals surface area contributed by atoms with Crippen molar-refractivity contribution in [2.75, 3.05) is 25.0 Å². The smallest absolute Gasteiger partial charge is 0.225 e. The molecule has 1 aromatic carbocycles. The monoisotopic (exact) mass is 274 g/mol. The molecule has 0 bridgehead atoms. The van der Waals surface area contributed by atoms with E-state index in [1.165, 1.54) is 0 Å². The molecule has 1 rings (SSSR count). The van der Waals surface area contributed by atoms with Crippen molar-refractivity contribution in [3.8, 4) is 0 Å². The van der Waals surface area contributed by atoms with Crippen molar-refractivity contribution in [2.45, 2.75) is 20.3 Å². The topological polar surface area (TPSA) is 32.3 Å². The lowest BCUT2D eigenvalue weighted by Crippen LogP contribution is -2.27. The van der Waals surface area contributed by atoms with E-state index in [1.54, 1.807) is 0 Å². The van der Waals surface area contributed by atoms with Crippen LogP contribution in [-0.4, -0.2) is 30.4 Å². The van der Waals surface area contributed by atoms with E-state index in [2.05, 4.69) is 5.32 Å². The molecule has 6 heteroatoms. The Morgan fingerprint density at radius 3 is 2.37 bits per heavy atom. The van der Waals surface area contributed by atoms with Gasteiger partial charge in [-0.25, -0.2) is 13.2 Å². The van der Waals surface area contributed by atoms with Crippen LogP contribution >= 0.6 is 0 Å². The number of hydrogen-bond acceptors (Lipinski definition) is 2. The van der Waals surface area contributed by atoms with Gasteiger partial charge in [-0.3, -0.25) is 4.79 Å². The van der Waals surface area contributed by atoms with Crippen LogP contribution in [0.5, 0.6) is 0 Å². The van der Waals surface area contributed by atoms with E-state index < -0.39 is 23.4 Å².